The van der Waals surface area contributed by atoms with Gasteiger partial charge in [0.15, 0.2) is 5.75 Å². The summed E-state index contributed by atoms with van der Waals surface area (Å²) < 4.78 is 6.39. The Bertz CT molecular complexity index is 390. The van der Waals surface area contributed by atoms with E-state index in [1.807, 2.05) is 12.1 Å². The van der Waals surface area contributed by atoms with Gasteiger partial charge < -0.3 is 4.74 Å². The highest BCUT2D eigenvalue weighted by molar-refractivity contribution is 14.1. The number of nitrogens with zero attached hydrogens (tertiary/aromatic N) is 1. The van der Waals surface area contributed by atoms with Crippen molar-refractivity contribution < 1.29 is 4.74 Å². The number of halogens is 1. The van der Waals surface area contributed by atoms with Crippen LogP contribution in [0.3, 0.4) is 0 Å². The Morgan fingerprint density at radius 3 is 2.80 bits per heavy atom. The fourth-order valence-corrected chi connectivity index (χ4v) is 1.99. The summed E-state index contributed by atoms with van der Waals surface area (Å²) >= 11 is 2.15. The van der Waals surface area contributed by atoms with Crippen LogP contribution in [-0.4, -0.2) is 19.7 Å². The van der Waals surface area contributed by atoms with Gasteiger partial charge in [0.2, 0.25) is 0 Å². The van der Waals surface area contributed by atoms with E-state index in [9.17, 15) is 0 Å². The molecule has 0 spiro atoms. The van der Waals surface area contributed by atoms with Gasteiger partial charge in [-0.1, -0.05) is 25.6 Å². The van der Waals surface area contributed by atoms with Crippen molar-refractivity contribution in [1.29, 1.82) is 0 Å². The van der Waals surface area contributed by atoms with Crippen molar-refractivity contribution in [3.8, 4) is 17.2 Å². The van der Waals surface area contributed by atoms with Gasteiger partial charge in [0.25, 0.3) is 0 Å². The zero-order chi connectivity index (χ0) is 11.3. The molecule has 0 atom stereocenters. The molecule has 0 saturated carbocycles. The summed E-state index contributed by atoms with van der Waals surface area (Å²) in [6.45, 7) is 7.10. The van der Waals surface area contributed by atoms with Crippen molar-refractivity contribution in [3.63, 3.8) is 0 Å². The SMILES string of the molecule is C[Si](C)(C)C#CCOc1cccnc1I. The molecule has 0 amide bonds. The van der Waals surface area contributed by atoms with E-state index < -0.39 is 8.07 Å². The highest BCUT2D eigenvalue weighted by Crippen LogP contribution is 2.16. The van der Waals surface area contributed by atoms with E-state index in [4.69, 9.17) is 4.74 Å². The largest absolute Gasteiger partial charge is 0.478 e. The van der Waals surface area contributed by atoms with E-state index in [-0.39, 0.29) is 0 Å². The third kappa shape index (κ3) is 5.19. The molecule has 0 saturated heterocycles. The zero-order valence-corrected chi connectivity index (χ0v) is 12.3. The molecule has 0 radical (unpaired) electrons. The molecule has 0 bridgehead atoms. The molecule has 1 heterocycles. The second-order valence-electron chi connectivity index (χ2n) is 4.13. The molecular weight excluding hydrogens is 317 g/mol. The van der Waals surface area contributed by atoms with E-state index in [1.165, 1.54) is 0 Å². The molecular formula is C11H14INOSi. The predicted octanol–water partition coefficient (Wildman–Crippen LogP) is 2.95. The highest BCUT2D eigenvalue weighted by Gasteiger charge is 2.07. The first kappa shape index (κ1) is 12.5. The van der Waals surface area contributed by atoms with Gasteiger partial charge in [-0.25, -0.2) is 4.98 Å². The Labute approximate surface area is 106 Å². The molecule has 1 rings (SSSR count). The predicted molar refractivity (Wildman–Crippen MR) is 73.6 cm³/mol. The van der Waals surface area contributed by atoms with Crippen LogP contribution in [0, 0.1) is 15.2 Å². The van der Waals surface area contributed by atoms with Gasteiger partial charge in [0.05, 0.1) is 0 Å². The summed E-state index contributed by atoms with van der Waals surface area (Å²) in [4.78, 5) is 4.13. The molecule has 0 fully saturated rings. The van der Waals surface area contributed by atoms with Gasteiger partial charge in [-0.3, -0.25) is 0 Å². The van der Waals surface area contributed by atoms with E-state index in [0.29, 0.717) is 6.61 Å². The summed E-state index contributed by atoms with van der Waals surface area (Å²) in [5.74, 6) is 3.87. The Morgan fingerprint density at radius 2 is 2.20 bits per heavy atom. The van der Waals surface area contributed by atoms with E-state index in [1.54, 1.807) is 6.20 Å². The molecule has 0 aliphatic carbocycles. The maximum absolute atomic E-state index is 5.51. The third-order valence-corrected chi connectivity index (χ3v) is 3.23. The Morgan fingerprint density at radius 1 is 1.47 bits per heavy atom. The van der Waals surface area contributed by atoms with E-state index in [0.717, 1.165) is 9.45 Å². The van der Waals surface area contributed by atoms with E-state index in [2.05, 4.69) is 58.7 Å². The number of hydrogen-bond donors (Lipinski definition) is 0. The fraction of sp³-hybridized carbons (Fsp3) is 0.364. The maximum atomic E-state index is 5.51. The molecule has 0 aromatic carbocycles. The fourth-order valence-electron chi connectivity index (χ4n) is 0.894. The average molecular weight is 331 g/mol. The lowest BCUT2D eigenvalue weighted by atomic mass is 10.5. The summed E-state index contributed by atoms with van der Waals surface area (Å²) in [6.07, 6.45) is 1.75. The Hall–Kier alpha value is -0.543. The molecule has 1 aromatic rings. The molecule has 4 heteroatoms. The van der Waals surface area contributed by atoms with Crippen LogP contribution < -0.4 is 4.74 Å². The van der Waals surface area contributed by atoms with Gasteiger partial charge >= 0.3 is 0 Å². The summed E-state index contributed by atoms with van der Waals surface area (Å²) in [5, 5.41) is 0. The maximum Gasteiger partial charge on any atom is 0.152 e. The Kier molecular flexibility index (Phi) is 4.61. The van der Waals surface area contributed by atoms with Crippen molar-refractivity contribution in [3.05, 3.63) is 22.0 Å². The molecule has 0 unspecified atom stereocenters. The summed E-state index contributed by atoms with van der Waals surface area (Å²) in [7, 11) is -1.27. The van der Waals surface area contributed by atoms with Crippen LogP contribution in [0.25, 0.3) is 0 Å². The van der Waals surface area contributed by atoms with Gasteiger partial charge in [-0.2, -0.15) is 0 Å². The monoisotopic (exact) mass is 331 g/mol. The zero-order valence-electron chi connectivity index (χ0n) is 9.17. The van der Waals surface area contributed by atoms with Crippen LogP contribution in [0.2, 0.25) is 19.6 Å². The van der Waals surface area contributed by atoms with Gasteiger partial charge in [0, 0.05) is 6.20 Å². The van der Waals surface area contributed by atoms with Crippen LogP contribution in [0.15, 0.2) is 18.3 Å². The average Bonchev–Trinajstić information content (AvgIpc) is 2.13. The quantitative estimate of drug-likeness (QED) is 0.360. The topological polar surface area (TPSA) is 22.1 Å². The molecule has 0 aliphatic heterocycles. The molecule has 0 N–H and O–H groups in total. The minimum absolute atomic E-state index is 0.450. The number of pyridine rings is 1. The standard InChI is InChI=1S/C11H14INOSi/c1-15(2,3)9-5-8-14-10-6-4-7-13-11(10)12/h4,6-7H,8H2,1-3H3. The lowest BCUT2D eigenvalue weighted by Crippen LogP contribution is -2.16. The van der Waals surface area contributed by atoms with Crippen LogP contribution in [0.4, 0.5) is 0 Å². The second-order valence-corrected chi connectivity index (χ2v) is 9.90. The minimum Gasteiger partial charge on any atom is -0.478 e. The normalized spacial score (nSPS) is 10.4. The van der Waals surface area contributed by atoms with Gasteiger partial charge in [-0.15, -0.1) is 5.54 Å². The molecule has 80 valence electrons. The molecule has 2 nitrogen and oxygen atoms in total. The van der Waals surface area contributed by atoms with Crippen molar-refractivity contribution >= 4 is 30.7 Å². The second kappa shape index (κ2) is 5.52. The van der Waals surface area contributed by atoms with Crippen molar-refractivity contribution in [2.75, 3.05) is 6.61 Å². The number of hydrogen-bond acceptors (Lipinski definition) is 2. The molecule has 0 aliphatic rings. The highest BCUT2D eigenvalue weighted by atomic mass is 127. The first-order valence-corrected chi connectivity index (χ1v) is 9.30. The van der Waals surface area contributed by atoms with Gasteiger partial charge in [0.1, 0.15) is 18.4 Å². The van der Waals surface area contributed by atoms with Crippen LogP contribution in [0.1, 0.15) is 0 Å². The lowest BCUT2D eigenvalue weighted by molar-refractivity contribution is 0.365. The van der Waals surface area contributed by atoms with Crippen molar-refractivity contribution in [2.24, 2.45) is 0 Å². The minimum atomic E-state index is -1.27. The third-order valence-electron chi connectivity index (χ3n) is 1.49. The number of aromatic nitrogens is 1. The molecule has 1 aromatic heterocycles. The number of ether oxygens (including phenoxy) is 1. The smallest absolute Gasteiger partial charge is 0.152 e. The van der Waals surface area contributed by atoms with E-state index >= 15 is 0 Å². The lowest BCUT2D eigenvalue weighted by Gasteiger charge is -2.05. The summed E-state index contributed by atoms with van der Waals surface area (Å²) in [6, 6.07) is 3.77. The first-order chi connectivity index (χ1) is 6.99. The van der Waals surface area contributed by atoms with Crippen molar-refractivity contribution in [1.82, 2.24) is 4.98 Å². The van der Waals surface area contributed by atoms with Crippen LogP contribution in [-0.2, 0) is 0 Å². The van der Waals surface area contributed by atoms with Crippen molar-refractivity contribution in [2.45, 2.75) is 19.6 Å². The van der Waals surface area contributed by atoms with Gasteiger partial charge in [-0.05, 0) is 34.7 Å². The molecule has 15 heavy (non-hydrogen) atoms. The van der Waals surface area contributed by atoms with Crippen LogP contribution >= 0.6 is 22.6 Å². The number of rotatable bonds is 2. The summed E-state index contributed by atoms with van der Waals surface area (Å²) in [5.41, 5.74) is 3.25. The first-order valence-electron chi connectivity index (χ1n) is 4.72. The Balaban J connectivity index is 2.51. The van der Waals surface area contributed by atoms with Crippen LogP contribution in [0.5, 0.6) is 5.75 Å².